The number of rotatable bonds is 8. The second kappa shape index (κ2) is 10.8. The van der Waals surface area contributed by atoms with Crippen molar-refractivity contribution in [2.45, 2.75) is 50.5 Å². The zero-order valence-corrected chi connectivity index (χ0v) is 19.8. The molecule has 1 aromatic carbocycles. The van der Waals surface area contributed by atoms with Gasteiger partial charge in [0, 0.05) is 30.9 Å². The van der Waals surface area contributed by atoms with Gasteiger partial charge in [0.05, 0.1) is 17.2 Å². The number of piperidine rings is 1. The second-order valence-corrected chi connectivity index (χ2v) is 10.1. The van der Waals surface area contributed by atoms with Crippen molar-refractivity contribution in [2.75, 3.05) is 24.4 Å². The topological polar surface area (TPSA) is 118 Å². The first-order valence-corrected chi connectivity index (χ1v) is 12.9. The van der Waals surface area contributed by atoms with Crippen LogP contribution in [0.2, 0.25) is 0 Å². The minimum atomic E-state index is -3.70. The van der Waals surface area contributed by atoms with Gasteiger partial charge in [0.1, 0.15) is 0 Å². The lowest BCUT2D eigenvalue weighted by molar-refractivity contribution is -0.122. The molecule has 2 aromatic rings. The highest BCUT2D eigenvalue weighted by molar-refractivity contribution is 7.93. The molecule has 1 saturated heterocycles. The summed E-state index contributed by atoms with van der Waals surface area (Å²) < 4.78 is 32.4. The molecule has 0 saturated carbocycles. The van der Waals surface area contributed by atoms with Crippen LogP contribution >= 0.6 is 11.3 Å². The molecule has 2 N–H and O–H groups in total. The summed E-state index contributed by atoms with van der Waals surface area (Å²) in [4.78, 5) is 30.2. The van der Waals surface area contributed by atoms with Gasteiger partial charge in [0.15, 0.2) is 5.13 Å². The van der Waals surface area contributed by atoms with Gasteiger partial charge in [-0.25, -0.2) is 18.2 Å². The van der Waals surface area contributed by atoms with E-state index in [1.165, 1.54) is 11.3 Å². The Labute approximate surface area is 192 Å². The van der Waals surface area contributed by atoms with Gasteiger partial charge in [-0.2, -0.15) is 0 Å². The molecule has 3 rings (SSSR count). The van der Waals surface area contributed by atoms with Crippen LogP contribution in [0.4, 0.5) is 9.93 Å². The molecule has 174 valence electrons. The Morgan fingerprint density at radius 2 is 1.91 bits per heavy atom. The van der Waals surface area contributed by atoms with Crippen LogP contribution in [0.15, 0.2) is 34.5 Å². The fraction of sp³-hybridized carbons (Fsp3) is 0.476. The van der Waals surface area contributed by atoms with Crippen molar-refractivity contribution in [3.63, 3.8) is 0 Å². The molecule has 9 nitrogen and oxygen atoms in total. The van der Waals surface area contributed by atoms with E-state index in [2.05, 4.69) is 15.0 Å². The van der Waals surface area contributed by atoms with Gasteiger partial charge in [0.25, 0.3) is 10.0 Å². The third-order valence-corrected chi connectivity index (χ3v) is 7.39. The molecule has 0 aliphatic carbocycles. The molecule has 32 heavy (non-hydrogen) atoms. The summed E-state index contributed by atoms with van der Waals surface area (Å²) in [6.07, 6.45) is 1.73. The summed E-state index contributed by atoms with van der Waals surface area (Å²) in [5, 5.41) is 5.02. The summed E-state index contributed by atoms with van der Waals surface area (Å²) in [5.41, 5.74) is 1.63. The lowest BCUT2D eigenvalue weighted by Gasteiger charge is -2.31. The molecule has 11 heteroatoms. The number of ether oxygens (including phenoxy) is 1. The molecular formula is C21H28N4O5S2. The minimum Gasteiger partial charge on any atom is -0.450 e. The number of nitrogens with zero attached hydrogens (tertiary/aromatic N) is 2. The SMILES string of the molecule is CCOC(=O)N1CCC(NC(=O)CCc2csc(NS(=O)(=O)c3ccc(C)cc3)n2)CC1. The number of carbonyl (C=O) groups is 2. The average molecular weight is 481 g/mol. The van der Waals surface area contributed by atoms with Crippen LogP contribution < -0.4 is 10.0 Å². The first-order valence-electron chi connectivity index (χ1n) is 10.5. The maximum atomic E-state index is 12.5. The van der Waals surface area contributed by atoms with E-state index in [4.69, 9.17) is 4.74 Å². The van der Waals surface area contributed by atoms with Crippen LogP contribution in [0, 0.1) is 6.92 Å². The number of hydrogen-bond acceptors (Lipinski definition) is 7. The van der Waals surface area contributed by atoms with Crippen LogP contribution in [0.1, 0.15) is 37.4 Å². The van der Waals surface area contributed by atoms with Crippen molar-refractivity contribution in [1.82, 2.24) is 15.2 Å². The normalized spacial score (nSPS) is 14.8. The summed E-state index contributed by atoms with van der Waals surface area (Å²) in [7, 11) is -3.70. The Bertz CT molecular complexity index is 1030. The van der Waals surface area contributed by atoms with Gasteiger partial charge in [-0.15, -0.1) is 11.3 Å². The van der Waals surface area contributed by atoms with Crippen LogP contribution in [-0.4, -0.2) is 56.0 Å². The van der Waals surface area contributed by atoms with E-state index >= 15 is 0 Å². The van der Waals surface area contributed by atoms with Crippen molar-refractivity contribution in [3.05, 3.63) is 40.9 Å². The summed E-state index contributed by atoms with van der Waals surface area (Å²) in [5.74, 6) is -0.0885. The number of thiazole rings is 1. The largest absolute Gasteiger partial charge is 0.450 e. The van der Waals surface area contributed by atoms with Crippen LogP contribution in [-0.2, 0) is 26.0 Å². The van der Waals surface area contributed by atoms with E-state index in [9.17, 15) is 18.0 Å². The van der Waals surface area contributed by atoms with Crippen molar-refractivity contribution in [2.24, 2.45) is 0 Å². The first-order chi connectivity index (χ1) is 15.3. The predicted octanol–water partition coefficient (Wildman–Crippen LogP) is 2.92. The number of aryl methyl sites for hydroxylation is 2. The Balaban J connectivity index is 1.43. The number of carbonyl (C=O) groups excluding carboxylic acids is 2. The summed E-state index contributed by atoms with van der Waals surface area (Å²) in [6, 6.07) is 6.60. The maximum absolute atomic E-state index is 12.5. The number of sulfonamides is 1. The highest BCUT2D eigenvalue weighted by Crippen LogP contribution is 2.21. The standard InChI is InChI=1S/C21H28N4O5S2/c1-3-30-21(27)25-12-10-16(11-13-25)22-19(26)9-6-17-14-31-20(23-17)24-32(28,29)18-7-4-15(2)5-8-18/h4-5,7-8,14,16H,3,6,9-13H2,1-2H3,(H,22,26)(H,23,24). The van der Waals surface area contributed by atoms with Crippen molar-refractivity contribution >= 4 is 38.5 Å². The molecule has 0 radical (unpaired) electrons. The van der Waals surface area contributed by atoms with Gasteiger partial charge in [-0.3, -0.25) is 9.52 Å². The van der Waals surface area contributed by atoms with Crippen LogP contribution in [0.3, 0.4) is 0 Å². The maximum Gasteiger partial charge on any atom is 0.409 e. The monoisotopic (exact) mass is 480 g/mol. The molecule has 0 atom stereocenters. The molecule has 1 aliphatic rings. The van der Waals surface area contributed by atoms with E-state index in [-0.39, 0.29) is 34.5 Å². The van der Waals surface area contributed by atoms with E-state index in [1.807, 2.05) is 6.92 Å². The zero-order chi connectivity index (χ0) is 23.1. The van der Waals surface area contributed by atoms with Gasteiger partial charge in [-0.1, -0.05) is 17.7 Å². The smallest absolute Gasteiger partial charge is 0.409 e. The van der Waals surface area contributed by atoms with E-state index in [0.29, 0.717) is 44.7 Å². The molecule has 0 spiro atoms. The number of hydrogen-bond donors (Lipinski definition) is 2. The number of amides is 2. The van der Waals surface area contributed by atoms with Gasteiger partial charge in [0.2, 0.25) is 5.91 Å². The average Bonchev–Trinajstić information content (AvgIpc) is 3.20. The molecule has 1 aromatic heterocycles. The van der Waals surface area contributed by atoms with Crippen molar-refractivity contribution in [1.29, 1.82) is 0 Å². The number of aromatic nitrogens is 1. The first kappa shape index (κ1) is 24.0. The summed E-state index contributed by atoms with van der Waals surface area (Å²) in [6.45, 7) is 5.12. The summed E-state index contributed by atoms with van der Waals surface area (Å²) >= 11 is 1.19. The highest BCUT2D eigenvalue weighted by Gasteiger charge is 2.24. The Kier molecular flexibility index (Phi) is 8.08. The fourth-order valence-electron chi connectivity index (χ4n) is 3.32. The fourth-order valence-corrected chi connectivity index (χ4v) is 5.32. The van der Waals surface area contributed by atoms with Crippen LogP contribution in [0.5, 0.6) is 0 Å². The number of benzene rings is 1. The Morgan fingerprint density at radius 1 is 1.22 bits per heavy atom. The lowest BCUT2D eigenvalue weighted by atomic mass is 10.1. The van der Waals surface area contributed by atoms with E-state index in [1.54, 1.807) is 41.5 Å². The molecule has 1 fully saturated rings. The Hall–Kier alpha value is -2.66. The van der Waals surface area contributed by atoms with E-state index in [0.717, 1.165) is 5.56 Å². The van der Waals surface area contributed by atoms with Gasteiger partial charge in [-0.05, 0) is 45.2 Å². The third kappa shape index (κ3) is 6.67. The zero-order valence-electron chi connectivity index (χ0n) is 18.2. The molecule has 2 heterocycles. The van der Waals surface area contributed by atoms with E-state index < -0.39 is 10.0 Å². The highest BCUT2D eigenvalue weighted by atomic mass is 32.2. The number of anilines is 1. The minimum absolute atomic E-state index is 0.0282. The quantitative estimate of drug-likeness (QED) is 0.600. The van der Waals surface area contributed by atoms with Crippen molar-refractivity contribution < 1.29 is 22.7 Å². The molecule has 2 amide bonds. The number of nitrogens with one attached hydrogen (secondary N) is 2. The lowest BCUT2D eigenvalue weighted by Crippen LogP contribution is -2.46. The third-order valence-electron chi connectivity index (χ3n) is 5.10. The van der Waals surface area contributed by atoms with Crippen molar-refractivity contribution in [3.8, 4) is 0 Å². The van der Waals surface area contributed by atoms with Gasteiger partial charge >= 0.3 is 6.09 Å². The Morgan fingerprint density at radius 3 is 2.56 bits per heavy atom. The second-order valence-electron chi connectivity index (χ2n) is 7.59. The number of likely N-dealkylation sites (tertiary alicyclic amines) is 1. The molecule has 1 aliphatic heterocycles. The molecule has 0 bridgehead atoms. The predicted molar refractivity (Wildman–Crippen MR) is 122 cm³/mol. The van der Waals surface area contributed by atoms with Gasteiger partial charge < -0.3 is 15.0 Å². The molecular weight excluding hydrogens is 452 g/mol. The van der Waals surface area contributed by atoms with Crippen LogP contribution in [0.25, 0.3) is 0 Å². The molecule has 0 unspecified atom stereocenters.